The summed E-state index contributed by atoms with van der Waals surface area (Å²) in [5, 5.41) is 9.30. The fourth-order valence-corrected chi connectivity index (χ4v) is 3.52. The first-order chi connectivity index (χ1) is 9.21. The van der Waals surface area contributed by atoms with Gasteiger partial charge >= 0.3 is 0 Å². The van der Waals surface area contributed by atoms with Gasteiger partial charge in [0.25, 0.3) is 0 Å². The molecule has 2 heteroatoms. The number of nitrogens with zero attached hydrogens (tertiary/aromatic N) is 2. The Morgan fingerprint density at radius 2 is 2.00 bits per heavy atom. The molecule has 19 heavy (non-hydrogen) atoms. The topological polar surface area (TPSA) is 27.0 Å². The first-order valence-electron chi connectivity index (χ1n) is 7.41. The standard InChI is InChI=1S/C17H22N2/c1-19(13-17(12-18)8-3-9-17)11-14-6-7-15-4-2-5-16(15)10-14/h6-7,10H,2-5,8-9,11,13H2,1H3. The average Bonchev–Trinajstić information content (AvgIpc) is 2.81. The Bertz CT molecular complexity index is 508. The van der Waals surface area contributed by atoms with E-state index in [1.165, 1.54) is 31.2 Å². The lowest BCUT2D eigenvalue weighted by atomic mass is 9.69. The van der Waals surface area contributed by atoms with Crippen LogP contribution in [0.3, 0.4) is 0 Å². The summed E-state index contributed by atoms with van der Waals surface area (Å²) in [7, 11) is 2.14. The van der Waals surface area contributed by atoms with Gasteiger partial charge in [-0.05, 0) is 55.8 Å². The molecule has 3 rings (SSSR count). The molecule has 2 aliphatic rings. The fourth-order valence-electron chi connectivity index (χ4n) is 3.52. The van der Waals surface area contributed by atoms with E-state index in [2.05, 4.69) is 36.2 Å². The van der Waals surface area contributed by atoms with Crippen molar-refractivity contribution < 1.29 is 0 Å². The van der Waals surface area contributed by atoms with Crippen LogP contribution in [0.25, 0.3) is 0 Å². The third-order valence-electron chi connectivity index (χ3n) is 4.74. The molecule has 2 aliphatic carbocycles. The highest BCUT2D eigenvalue weighted by Gasteiger charge is 2.37. The van der Waals surface area contributed by atoms with Crippen molar-refractivity contribution >= 4 is 0 Å². The van der Waals surface area contributed by atoms with E-state index >= 15 is 0 Å². The maximum Gasteiger partial charge on any atom is 0.0703 e. The molecule has 2 nitrogen and oxygen atoms in total. The predicted octanol–water partition coefficient (Wildman–Crippen LogP) is 3.30. The van der Waals surface area contributed by atoms with Crippen molar-refractivity contribution in [2.24, 2.45) is 5.41 Å². The molecule has 0 unspecified atom stereocenters. The van der Waals surface area contributed by atoms with E-state index in [1.54, 1.807) is 11.1 Å². The summed E-state index contributed by atoms with van der Waals surface area (Å²) in [6, 6.07) is 9.47. The number of hydrogen-bond donors (Lipinski definition) is 0. The highest BCUT2D eigenvalue weighted by molar-refractivity contribution is 5.35. The number of rotatable bonds is 4. The molecule has 1 saturated carbocycles. The van der Waals surface area contributed by atoms with Gasteiger partial charge in [-0.1, -0.05) is 24.6 Å². The van der Waals surface area contributed by atoms with Gasteiger partial charge in [0.15, 0.2) is 0 Å². The summed E-state index contributed by atoms with van der Waals surface area (Å²) in [6.07, 6.45) is 7.19. The highest BCUT2D eigenvalue weighted by atomic mass is 15.1. The lowest BCUT2D eigenvalue weighted by molar-refractivity contribution is 0.134. The number of benzene rings is 1. The molecule has 0 amide bonds. The van der Waals surface area contributed by atoms with Crippen molar-refractivity contribution in [3.63, 3.8) is 0 Å². The Morgan fingerprint density at radius 3 is 2.68 bits per heavy atom. The van der Waals surface area contributed by atoms with Crippen molar-refractivity contribution in [1.82, 2.24) is 4.90 Å². The van der Waals surface area contributed by atoms with Gasteiger partial charge in [-0.15, -0.1) is 0 Å². The number of nitriles is 1. The molecule has 1 fully saturated rings. The molecule has 0 bridgehead atoms. The van der Waals surface area contributed by atoms with Crippen LogP contribution >= 0.6 is 0 Å². The van der Waals surface area contributed by atoms with Crippen molar-refractivity contribution in [2.45, 2.75) is 45.1 Å². The maximum absolute atomic E-state index is 9.30. The number of fused-ring (bicyclic) bond motifs is 1. The lowest BCUT2D eigenvalue weighted by Gasteiger charge is -2.38. The van der Waals surface area contributed by atoms with E-state index in [-0.39, 0.29) is 5.41 Å². The SMILES string of the molecule is CN(Cc1ccc2c(c1)CCC2)CC1(C#N)CCC1. The molecule has 0 saturated heterocycles. The van der Waals surface area contributed by atoms with Crippen LogP contribution < -0.4 is 0 Å². The Labute approximate surface area is 116 Å². The maximum atomic E-state index is 9.30. The van der Waals surface area contributed by atoms with Crippen LogP contribution in [0, 0.1) is 16.7 Å². The Balaban J connectivity index is 1.63. The number of aryl methyl sites for hydroxylation is 2. The summed E-state index contributed by atoms with van der Waals surface area (Å²) in [5.41, 5.74) is 4.44. The molecule has 100 valence electrons. The zero-order valence-electron chi connectivity index (χ0n) is 11.8. The first kappa shape index (κ1) is 12.7. The predicted molar refractivity (Wildman–Crippen MR) is 76.7 cm³/mol. The lowest BCUT2D eigenvalue weighted by Crippen LogP contribution is -2.39. The molecule has 0 atom stereocenters. The smallest absolute Gasteiger partial charge is 0.0703 e. The van der Waals surface area contributed by atoms with Crippen LogP contribution in [-0.2, 0) is 19.4 Å². The minimum Gasteiger partial charge on any atom is -0.301 e. The van der Waals surface area contributed by atoms with E-state index in [0.29, 0.717) is 0 Å². The molecule has 0 aliphatic heterocycles. The van der Waals surface area contributed by atoms with Gasteiger partial charge in [0.1, 0.15) is 0 Å². The molecular weight excluding hydrogens is 232 g/mol. The summed E-state index contributed by atoms with van der Waals surface area (Å²) in [6.45, 7) is 1.89. The van der Waals surface area contributed by atoms with Gasteiger partial charge in [0.2, 0.25) is 0 Å². The molecule has 0 heterocycles. The van der Waals surface area contributed by atoms with Gasteiger partial charge in [-0.3, -0.25) is 0 Å². The highest BCUT2D eigenvalue weighted by Crippen LogP contribution is 2.40. The molecule has 0 N–H and O–H groups in total. The van der Waals surface area contributed by atoms with Crippen LogP contribution in [0.15, 0.2) is 18.2 Å². The third kappa shape index (κ3) is 2.53. The fraction of sp³-hybridized carbons (Fsp3) is 0.588. The van der Waals surface area contributed by atoms with Crippen molar-refractivity contribution in [3.05, 3.63) is 34.9 Å². The van der Waals surface area contributed by atoms with Gasteiger partial charge in [-0.25, -0.2) is 0 Å². The Morgan fingerprint density at radius 1 is 1.21 bits per heavy atom. The van der Waals surface area contributed by atoms with Gasteiger partial charge in [0, 0.05) is 13.1 Å². The second-order valence-electron chi connectivity index (χ2n) is 6.37. The van der Waals surface area contributed by atoms with E-state index in [1.807, 2.05) is 0 Å². The van der Waals surface area contributed by atoms with Crippen LogP contribution in [0.2, 0.25) is 0 Å². The minimum atomic E-state index is -0.0501. The zero-order chi connectivity index (χ0) is 13.3. The van der Waals surface area contributed by atoms with Crippen LogP contribution in [0.1, 0.15) is 42.4 Å². The minimum absolute atomic E-state index is 0.0501. The largest absolute Gasteiger partial charge is 0.301 e. The summed E-state index contributed by atoms with van der Waals surface area (Å²) >= 11 is 0. The van der Waals surface area contributed by atoms with E-state index < -0.39 is 0 Å². The molecular formula is C17H22N2. The Hall–Kier alpha value is -1.33. The molecule has 1 aromatic rings. The number of hydrogen-bond acceptors (Lipinski definition) is 2. The molecule has 1 aromatic carbocycles. The van der Waals surface area contributed by atoms with E-state index in [9.17, 15) is 5.26 Å². The van der Waals surface area contributed by atoms with E-state index in [0.717, 1.165) is 25.9 Å². The normalized spacial score (nSPS) is 19.8. The monoisotopic (exact) mass is 254 g/mol. The molecule has 0 aromatic heterocycles. The van der Waals surface area contributed by atoms with Crippen molar-refractivity contribution in [2.75, 3.05) is 13.6 Å². The Kier molecular flexibility index (Phi) is 3.33. The quantitative estimate of drug-likeness (QED) is 0.824. The van der Waals surface area contributed by atoms with Gasteiger partial charge in [0.05, 0.1) is 11.5 Å². The van der Waals surface area contributed by atoms with Crippen LogP contribution in [-0.4, -0.2) is 18.5 Å². The second-order valence-corrected chi connectivity index (χ2v) is 6.37. The van der Waals surface area contributed by atoms with Crippen molar-refractivity contribution in [1.29, 1.82) is 5.26 Å². The first-order valence-corrected chi connectivity index (χ1v) is 7.41. The van der Waals surface area contributed by atoms with Crippen LogP contribution in [0.4, 0.5) is 0 Å². The summed E-state index contributed by atoms with van der Waals surface area (Å²) in [4.78, 5) is 2.32. The van der Waals surface area contributed by atoms with E-state index in [4.69, 9.17) is 0 Å². The summed E-state index contributed by atoms with van der Waals surface area (Å²) < 4.78 is 0. The summed E-state index contributed by atoms with van der Waals surface area (Å²) in [5.74, 6) is 0. The van der Waals surface area contributed by atoms with Crippen molar-refractivity contribution in [3.8, 4) is 6.07 Å². The third-order valence-corrected chi connectivity index (χ3v) is 4.74. The van der Waals surface area contributed by atoms with Gasteiger partial charge in [-0.2, -0.15) is 5.26 Å². The second kappa shape index (κ2) is 4.98. The molecule has 0 radical (unpaired) electrons. The van der Waals surface area contributed by atoms with Crippen LogP contribution in [0.5, 0.6) is 0 Å². The van der Waals surface area contributed by atoms with Gasteiger partial charge < -0.3 is 4.90 Å². The molecule has 0 spiro atoms. The average molecular weight is 254 g/mol. The zero-order valence-corrected chi connectivity index (χ0v) is 11.8.